The Morgan fingerprint density at radius 2 is 2.24 bits per heavy atom. The minimum atomic E-state index is -0.429. The van der Waals surface area contributed by atoms with Gasteiger partial charge in [-0.2, -0.15) is 0 Å². The van der Waals surface area contributed by atoms with E-state index < -0.39 is 5.82 Å². The number of halogens is 1. The van der Waals surface area contributed by atoms with Crippen LogP contribution in [0.25, 0.3) is 0 Å². The van der Waals surface area contributed by atoms with E-state index in [-0.39, 0.29) is 18.4 Å². The molecule has 0 heterocycles. The second-order valence-electron chi connectivity index (χ2n) is 5.97. The number of fused-ring (bicyclic) bond motifs is 2. The summed E-state index contributed by atoms with van der Waals surface area (Å²) in [4.78, 5) is 12.3. The van der Waals surface area contributed by atoms with Crippen molar-refractivity contribution in [2.24, 2.45) is 23.5 Å². The maximum Gasteiger partial charge on any atom is 0.227 e. The van der Waals surface area contributed by atoms with Gasteiger partial charge in [0.15, 0.2) is 0 Å². The normalized spacial score (nSPS) is 26.3. The van der Waals surface area contributed by atoms with Gasteiger partial charge in [0.05, 0.1) is 12.1 Å². The van der Waals surface area contributed by atoms with Crippen molar-refractivity contribution in [3.05, 3.63) is 29.6 Å². The molecule has 0 saturated heterocycles. The van der Waals surface area contributed by atoms with E-state index in [0.29, 0.717) is 17.2 Å². The maximum absolute atomic E-state index is 13.9. The van der Waals surface area contributed by atoms with Gasteiger partial charge in [-0.05, 0) is 49.3 Å². The largest absolute Gasteiger partial charge is 0.326 e. The minimum absolute atomic E-state index is 0.0300. The molecule has 2 saturated carbocycles. The minimum Gasteiger partial charge on any atom is -0.326 e. The van der Waals surface area contributed by atoms with Crippen LogP contribution in [-0.4, -0.2) is 12.5 Å². The number of amides is 1. The Balaban J connectivity index is 1.67. The molecule has 21 heavy (non-hydrogen) atoms. The van der Waals surface area contributed by atoms with Crippen molar-refractivity contribution in [1.29, 1.82) is 0 Å². The fraction of sp³-hybridized carbons (Fsp3) is 0.471. The van der Waals surface area contributed by atoms with Gasteiger partial charge in [0.25, 0.3) is 0 Å². The molecule has 3 atom stereocenters. The van der Waals surface area contributed by atoms with Gasteiger partial charge in [0.2, 0.25) is 5.91 Å². The second-order valence-corrected chi connectivity index (χ2v) is 5.97. The molecule has 0 radical (unpaired) electrons. The van der Waals surface area contributed by atoms with Gasteiger partial charge in [0.1, 0.15) is 5.82 Å². The average molecular weight is 286 g/mol. The number of rotatable bonds is 2. The summed E-state index contributed by atoms with van der Waals surface area (Å²) < 4.78 is 13.9. The summed E-state index contributed by atoms with van der Waals surface area (Å²) in [7, 11) is 0. The summed E-state index contributed by atoms with van der Waals surface area (Å²) in [5, 5.41) is 2.84. The standard InChI is InChI=1S/C17H19FN2O/c18-16-10-14(6-5-12(16)2-1-7-19)20-17(21)15-9-11-3-4-13(15)8-11/h5-6,10-11,13,15H,3-4,7-9,19H2,(H,20,21). The fourth-order valence-corrected chi connectivity index (χ4v) is 3.64. The molecular formula is C17H19FN2O. The Kier molecular flexibility index (Phi) is 3.94. The van der Waals surface area contributed by atoms with Crippen molar-refractivity contribution in [3.8, 4) is 11.8 Å². The zero-order valence-electron chi connectivity index (χ0n) is 11.9. The number of benzene rings is 1. The van der Waals surface area contributed by atoms with Crippen molar-refractivity contribution >= 4 is 11.6 Å². The molecule has 1 amide bonds. The first-order valence-corrected chi connectivity index (χ1v) is 7.46. The van der Waals surface area contributed by atoms with Gasteiger partial charge in [-0.15, -0.1) is 0 Å². The van der Waals surface area contributed by atoms with Crippen LogP contribution in [0.15, 0.2) is 18.2 Å². The SMILES string of the molecule is NCC#Cc1ccc(NC(=O)C2CC3CCC2C3)cc1F. The molecule has 0 aliphatic heterocycles. The van der Waals surface area contributed by atoms with Crippen LogP contribution in [-0.2, 0) is 4.79 Å². The highest BCUT2D eigenvalue weighted by Gasteiger charge is 2.42. The summed E-state index contributed by atoms with van der Waals surface area (Å²) in [6.07, 6.45) is 4.58. The third kappa shape index (κ3) is 2.93. The summed E-state index contributed by atoms with van der Waals surface area (Å²) >= 11 is 0. The Bertz CT molecular complexity index is 617. The predicted molar refractivity (Wildman–Crippen MR) is 79.9 cm³/mol. The number of nitrogens with one attached hydrogen (secondary N) is 1. The summed E-state index contributed by atoms with van der Waals surface area (Å²) in [6, 6.07) is 4.59. The Morgan fingerprint density at radius 1 is 1.38 bits per heavy atom. The van der Waals surface area contributed by atoms with E-state index in [4.69, 9.17) is 5.73 Å². The Hall–Kier alpha value is -1.86. The van der Waals surface area contributed by atoms with Crippen LogP contribution in [0.5, 0.6) is 0 Å². The van der Waals surface area contributed by atoms with Crippen LogP contribution in [0.2, 0.25) is 0 Å². The molecule has 4 heteroatoms. The monoisotopic (exact) mass is 286 g/mol. The van der Waals surface area contributed by atoms with Gasteiger partial charge in [-0.3, -0.25) is 4.79 Å². The fourth-order valence-electron chi connectivity index (χ4n) is 3.64. The van der Waals surface area contributed by atoms with Crippen LogP contribution >= 0.6 is 0 Å². The first kappa shape index (κ1) is 14.1. The molecule has 3 nitrogen and oxygen atoms in total. The molecular weight excluding hydrogens is 267 g/mol. The lowest BCUT2D eigenvalue weighted by atomic mass is 9.88. The third-order valence-electron chi connectivity index (χ3n) is 4.64. The van der Waals surface area contributed by atoms with Gasteiger partial charge < -0.3 is 11.1 Å². The zero-order valence-corrected chi connectivity index (χ0v) is 11.9. The van der Waals surface area contributed by atoms with Crippen molar-refractivity contribution in [3.63, 3.8) is 0 Å². The molecule has 3 unspecified atom stereocenters. The van der Waals surface area contributed by atoms with Gasteiger partial charge in [-0.25, -0.2) is 4.39 Å². The van der Waals surface area contributed by atoms with Crippen LogP contribution in [0.1, 0.15) is 31.2 Å². The van der Waals surface area contributed by atoms with Crippen LogP contribution in [0, 0.1) is 35.4 Å². The van der Waals surface area contributed by atoms with Gasteiger partial charge in [0, 0.05) is 11.6 Å². The molecule has 3 rings (SSSR count). The quantitative estimate of drug-likeness (QED) is 0.821. The smallest absolute Gasteiger partial charge is 0.227 e. The van der Waals surface area contributed by atoms with E-state index >= 15 is 0 Å². The molecule has 0 spiro atoms. The van der Waals surface area contributed by atoms with E-state index in [1.54, 1.807) is 12.1 Å². The Labute approximate surface area is 124 Å². The zero-order chi connectivity index (χ0) is 14.8. The van der Waals surface area contributed by atoms with E-state index in [1.165, 1.54) is 18.9 Å². The number of hydrogen-bond acceptors (Lipinski definition) is 2. The second kappa shape index (κ2) is 5.87. The van der Waals surface area contributed by atoms with Crippen LogP contribution in [0.3, 0.4) is 0 Å². The van der Waals surface area contributed by atoms with Crippen LogP contribution < -0.4 is 11.1 Å². The van der Waals surface area contributed by atoms with Crippen LogP contribution in [0.4, 0.5) is 10.1 Å². The van der Waals surface area contributed by atoms with Crippen molar-refractivity contribution in [2.75, 3.05) is 11.9 Å². The van der Waals surface area contributed by atoms with Gasteiger partial charge >= 0.3 is 0 Å². The highest BCUT2D eigenvalue weighted by atomic mass is 19.1. The number of nitrogens with two attached hydrogens (primary N) is 1. The molecule has 0 aromatic heterocycles. The summed E-state index contributed by atoms with van der Waals surface area (Å²) in [5.41, 5.74) is 6.07. The first-order valence-electron chi connectivity index (χ1n) is 7.46. The Morgan fingerprint density at radius 3 is 2.86 bits per heavy atom. The van der Waals surface area contributed by atoms with E-state index in [0.717, 1.165) is 18.8 Å². The number of carbonyl (C=O) groups excluding carboxylic acids is 1. The average Bonchev–Trinajstić information content (AvgIpc) is 3.09. The molecule has 110 valence electrons. The highest BCUT2D eigenvalue weighted by Crippen LogP contribution is 2.48. The summed E-state index contributed by atoms with van der Waals surface area (Å²) in [6.45, 7) is 0.197. The first-order chi connectivity index (χ1) is 10.2. The lowest BCUT2D eigenvalue weighted by Crippen LogP contribution is -2.27. The molecule has 2 aliphatic carbocycles. The van der Waals surface area contributed by atoms with Crippen molar-refractivity contribution < 1.29 is 9.18 Å². The van der Waals surface area contributed by atoms with E-state index in [9.17, 15) is 9.18 Å². The molecule has 2 fully saturated rings. The predicted octanol–water partition coefficient (Wildman–Crippen LogP) is 2.51. The molecule has 2 bridgehead atoms. The number of hydrogen-bond donors (Lipinski definition) is 2. The van der Waals surface area contributed by atoms with E-state index in [2.05, 4.69) is 17.2 Å². The highest BCUT2D eigenvalue weighted by molar-refractivity contribution is 5.93. The van der Waals surface area contributed by atoms with Crippen molar-refractivity contribution in [2.45, 2.75) is 25.7 Å². The lowest BCUT2D eigenvalue weighted by Gasteiger charge is -2.20. The topological polar surface area (TPSA) is 55.1 Å². The lowest BCUT2D eigenvalue weighted by molar-refractivity contribution is -0.121. The van der Waals surface area contributed by atoms with Crippen molar-refractivity contribution in [1.82, 2.24) is 0 Å². The third-order valence-corrected chi connectivity index (χ3v) is 4.64. The molecule has 2 aliphatic rings. The molecule has 1 aromatic carbocycles. The number of anilines is 1. The summed E-state index contributed by atoms with van der Waals surface area (Å²) in [5.74, 6) is 6.23. The number of carbonyl (C=O) groups is 1. The van der Waals surface area contributed by atoms with Gasteiger partial charge in [-0.1, -0.05) is 18.3 Å². The van der Waals surface area contributed by atoms with E-state index in [1.807, 2.05) is 0 Å². The maximum atomic E-state index is 13.9. The molecule has 3 N–H and O–H groups in total. The molecule has 1 aromatic rings.